The third-order valence-corrected chi connectivity index (χ3v) is 13.0. The van der Waals surface area contributed by atoms with E-state index in [9.17, 15) is 0 Å². The average molecular weight is 691 g/mol. The van der Waals surface area contributed by atoms with Gasteiger partial charge in [0.25, 0.3) is 0 Å². The van der Waals surface area contributed by atoms with Gasteiger partial charge in [-0.3, -0.25) is 0 Å². The Morgan fingerprint density at radius 1 is 0.490 bits per heavy atom. The minimum absolute atomic E-state index is 0.325. The van der Waals surface area contributed by atoms with Crippen molar-refractivity contribution in [3.05, 3.63) is 82.9 Å². The third kappa shape index (κ3) is 7.29. The molecule has 51 heavy (non-hydrogen) atoms. The van der Waals surface area contributed by atoms with E-state index in [0.29, 0.717) is 0 Å². The number of hydrogen-bond donors (Lipinski definition) is 0. The Morgan fingerprint density at radius 3 is 1.43 bits per heavy atom. The molecule has 0 spiro atoms. The van der Waals surface area contributed by atoms with E-state index in [4.69, 9.17) is 18.6 Å². The Kier molecular flexibility index (Phi) is 11.1. The van der Waals surface area contributed by atoms with Crippen LogP contribution in [0, 0.1) is 0 Å². The van der Waals surface area contributed by atoms with Crippen LogP contribution in [0.4, 0.5) is 0 Å². The van der Waals surface area contributed by atoms with E-state index in [0.717, 1.165) is 30.2 Å². The quantitative estimate of drug-likeness (QED) is 0.118. The molecule has 6 heteroatoms. The van der Waals surface area contributed by atoms with Crippen molar-refractivity contribution in [1.82, 2.24) is 0 Å². The van der Waals surface area contributed by atoms with Crippen molar-refractivity contribution in [3.63, 3.8) is 0 Å². The lowest BCUT2D eigenvalue weighted by atomic mass is 9.66. The van der Waals surface area contributed by atoms with Crippen LogP contribution in [-0.2, 0) is 30.5 Å². The number of unbranched alkanes of at least 4 members (excludes halogenated alkanes) is 8. The maximum absolute atomic E-state index is 6.65. The molecule has 6 rings (SSSR count). The summed E-state index contributed by atoms with van der Waals surface area (Å²) in [6, 6.07) is 23.6. The molecule has 0 bridgehead atoms. The Labute approximate surface area is 311 Å². The summed E-state index contributed by atoms with van der Waals surface area (Å²) in [5, 5.41) is 0. The molecule has 3 aromatic carbocycles. The third-order valence-electron chi connectivity index (χ3n) is 13.0. The van der Waals surface area contributed by atoms with Gasteiger partial charge in [0.1, 0.15) is 0 Å². The van der Waals surface area contributed by atoms with Crippen LogP contribution in [0.2, 0.25) is 0 Å². The molecule has 3 aromatic rings. The second-order valence-corrected chi connectivity index (χ2v) is 17.7. The Morgan fingerprint density at radius 2 is 0.941 bits per heavy atom. The molecule has 0 aromatic heterocycles. The second kappa shape index (κ2) is 14.8. The minimum Gasteiger partial charge on any atom is -0.399 e. The largest absolute Gasteiger partial charge is 0.494 e. The molecule has 274 valence electrons. The second-order valence-electron chi connectivity index (χ2n) is 17.7. The van der Waals surface area contributed by atoms with Crippen molar-refractivity contribution in [3.8, 4) is 11.1 Å². The van der Waals surface area contributed by atoms with Gasteiger partial charge < -0.3 is 18.6 Å². The summed E-state index contributed by atoms with van der Waals surface area (Å²) >= 11 is 0. The first-order valence-corrected chi connectivity index (χ1v) is 20.3. The summed E-state index contributed by atoms with van der Waals surface area (Å²) in [7, 11) is -0.832. The number of fused-ring (bicyclic) bond motifs is 3. The predicted molar refractivity (Wildman–Crippen MR) is 215 cm³/mol. The smallest absolute Gasteiger partial charge is 0.399 e. The topological polar surface area (TPSA) is 36.9 Å². The predicted octanol–water partition coefficient (Wildman–Crippen LogP) is 10.5. The van der Waals surface area contributed by atoms with E-state index in [1.54, 1.807) is 0 Å². The van der Waals surface area contributed by atoms with Crippen molar-refractivity contribution in [1.29, 1.82) is 0 Å². The Bertz CT molecular complexity index is 1560. The monoisotopic (exact) mass is 690 g/mol. The van der Waals surface area contributed by atoms with E-state index in [1.807, 2.05) is 0 Å². The van der Waals surface area contributed by atoms with Crippen LogP contribution in [0.5, 0.6) is 0 Å². The van der Waals surface area contributed by atoms with Gasteiger partial charge in [0.2, 0.25) is 0 Å². The molecular weight excluding hydrogens is 626 g/mol. The van der Waals surface area contributed by atoms with Crippen LogP contribution >= 0.6 is 0 Å². The lowest BCUT2D eigenvalue weighted by Crippen LogP contribution is -2.41. The Hall–Kier alpha value is -2.37. The molecule has 0 unspecified atom stereocenters. The van der Waals surface area contributed by atoms with Gasteiger partial charge in [-0.25, -0.2) is 0 Å². The number of rotatable bonds is 15. The molecule has 0 N–H and O–H groups in total. The van der Waals surface area contributed by atoms with Crippen molar-refractivity contribution in [2.75, 3.05) is 0 Å². The first-order valence-electron chi connectivity index (χ1n) is 20.3. The van der Waals surface area contributed by atoms with Crippen molar-refractivity contribution in [2.24, 2.45) is 0 Å². The lowest BCUT2D eigenvalue weighted by molar-refractivity contribution is 0.00578. The molecule has 0 saturated carbocycles. The summed E-state index contributed by atoms with van der Waals surface area (Å²) in [6.07, 6.45) is 14.8. The maximum Gasteiger partial charge on any atom is 0.494 e. The summed E-state index contributed by atoms with van der Waals surface area (Å²) in [5.74, 6) is 0. The van der Waals surface area contributed by atoms with E-state index in [-0.39, 0.29) is 5.41 Å². The number of hydrogen-bond acceptors (Lipinski definition) is 4. The van der Waals surface area contributed by atoms with Gasteiger partial charge in [0, 0.05) is 5.41 Å². The van der Waals surface area contributed by atoms with Crippen molar-refractivity contribution < 1.29 is 18.6 Å². The van der Waals surface area contributed by atoms with Crippen LogP contribution in [0.15, 0.2) is 60.7 Å². The maximum atomic E-state index is 6.65. The van der Waals surface area contributed by atoms with Gasteiger partial charge in [-0.2, -0.15) is 0 Å². The number of benzene rings is 3. The first kappa shape index (κ1) is 38.4. The van der Waals surface area contributed by atoms with Gasteiger partial charge in [0.15, 0.2) is 0 Å². The molecule has 0 amide bonds. The van der Waals surface area contributed by atoms with Crippen molar-refractivity contribution in [2.45, 2.75) is 174 Å². The number of aryl methyl sites for hydroxylation is 1. The molecule has 2 saturated heterocycles. The molecule has 2 fully saturated rings. The van der Waals surface area contributed by atoms with Crippen LogP contribution in [0.25, 0.3) is 11.1 Å². The molecule has 2 aliphatic heterocycles. The zero-order valence-electron chi connectivity index (χ0n) is 33.5. The summed E-state index contributed by atoms with van der Waals surface area (Å²) in [6.45, 7) is 21.7. The molecule has 3 aliphatic rings. The van der Waals surface area contributed by atoms with Crippen molar-refractivity contribution >= 4 is 25.2 Å². The average Bonchev–Trinajstić information content (AvgIpc) is 3.58. The van der Waals surface area contributed by atoms with Crippen LogP contribution in [0.1, 0.15) is 162 Å². The van der Waals surface area contributed by atoms with Gasteiger partial charge in [-0.15, -0.1) is 0 Å². The highest BCUT2D eigenvalue weighted by Crippen LogP contribution is 2.55. The van der Waals surface area contributed by atoms with E-state index < -0.39 is 36.6 Å². The highest BCUT2D eigenvalue weighted by Gasteiger charge is 2.54. The first-order chi connectivity index (χ1) is 24.2. The van der Waals surface area contributed by atoms with Crippen LogP contribution in [-0.4, -0.2) is 36.6 Å². The van der Waals surface area contributed by atoms with Crippen LogP contribution in [0.3, 0.4) is 0 Å². The zero-order valence-corrected chi connectivity index (χ0v) is 33.5. The molecule has 0 atom stereocenters. The van der Waals surface area contributed by atoms with Gasteiger partial charge in [-0.1, -0.05) is 132 Å². The van der Waals surface area contributed by atoms with E-state index in [2.05, 4.69) is 130 Å². The highest BCUT2D eigenvalue weighted by atomic mass is 16.7. The summed E-state index contributed by atoms with van der Waals surface area (Å²) in [5.41, 5.74) is 8.43. The van der Waals surface area contributed by atoms with Gasteiger partial charge >= 0.3 is 14.2 Å². The summed E-state index contributed by atoms with van der Waals surface area (Å²) < 4.78 is 26.6. The fourth-order valence-corrected chi connectivity index (χ4v) is 8.34. The summed E-state index contributed by atoms with van der Waals surface area (Å²) in [4.78, 5) is 0. The van der Waals surface area contributed by atoms with Gasteiger partial charge in [0.05, 0.1) is 22.4 Å². The standard InChI is InChI=1S/C45H64B2O4/c1-11-13-15-17-18-20-29-45(34-24-21-23-33(30-34)22-19-16-14-12-2)39-31-35(46-48-41(3,4)42(5,6)49-46)25-27-37(39)38-28-26-36(32-40(38)45)47-50-43(7,8)44(9,10)51-47/h21,23-28,30-32H,11-20,22,29H2,1-10H3. The zero-order chi connectivity index (χ0) is 36.7. The SMILES string of the molecule is CCCCCCCCC1(c2cccc(CCCCCC)c2)c2cc(B3OC(C)(C)C(C)(C)O3)ccc2-c2ccc(B3OC(C)(C)C(C)(C)O3)cc21. The lowest BCUT2D eigenvalue weighted by Gasteiger charge is -2.34. The van der Waals surface area contributed by atoms with E-state index >= 15 is 0 Å². The van der Waals surface area contributed by atoms with E-state index in [1.165, 1.54) is 91.2 Å². The molecule has 1 aliphatic carbocycles. The normalized spacial score (nSPS) is 20.5. The fraction of sp³-hybridized carbons (Fsp3) is 0.600. The minimum atomic E-state index is -0.416. The molecular formula is C45H64B2O4. The fourth-order valence-electron chi connectivity index (χ4n) is 8.34. The Balaban J connectivity index is 1.50. The van der Waals surface area contributed by atoms with Gasteiger partial charge in [-0.05, 0) is 119 Å². The molecule has 2 heterocycles. The highest BCUT2D eigenvalue weighted by molar-refractivity contribution is 6.62. The molecule has 4 nitrogen and oxygen atoms in total. The molecule has 0 radical (unpaired) electrons. The van der Waals surface area contributed by atoms with Crippen LogP contribution < -0.4 is 10.9 Å².